The number of nitrogens with zero attached hydrogens (tertiary/aromatic N) is 3. The molecule has 1 aromatic carbocycles. The molecule has 0 aliphatic rings. The van der Waals surface area contributed by atoms with E-state index in [2.05, 4.69) is 25.8 Å². The van der Waals surface area contributed by atoms with Gasteiger partial charge in [0, 0.05) is 6.54 Å². The van der Waals surface area contributed by atoms with Crippen molar-refractivity contribution in [2.75, 3.05) is 17.2 Å². The Kier molecular flexibility index (Phi) is 4.17. The molecule has 0 atom stereocenters. The molecule has 5 nitrogen and oxygen atoms in total. The Morgan fingerprint density at radius 1 is 1.21 bits per heavy atom. The summed E-state index contributed by atoms with van der Waals surface area (Å²) in [7, 11) is 0. The van der Waals surface area contributed by atoms with Crippen LogP contribution in [0.4, 0.5) is 26.2 Å². The van der Waals surface area contributed by atoms with Crippen molar-refractivity contribution < 1.29 is 8.78 Å². The molecule has 0 aliphatic carbocycles. The molecule has 2 rings (SSSR count). The predicted octanol–water partition coefficient (Wildman–Crippen LogP) is 2.72. The number of rotatable bonds is 5. The van der Waals surface area contributed by atoms with Crippen LogP contribution >= 0.6 is 0 Å². The third kappa shape index (κ3) is 3.34. The van der Waals surface area contributed by atoms with Crippen LogP contribution in [-0.4, -0.2) is 21.7 Å². The van der Waals surface area contributed by atoms with Gasteiger partial charge < -0.3 is 10.6 Å². The number of hydrogen-bond donors (Lipinski definition) is 2. The van der Waals surface area contributed by atoms with Crippen molar-refractivity contribution in [3.8, 4) is 0 Å². The molecule has 1 heterocycles. The van der Waals surface area contributed by atoms with Crippen molar-refractivity contribution in [1.29, 1.82) is 0 Å². The summed E-state index contributed by atoms with van der Waals surface area (Å²) in [5.41, 5.74) is -0.294. The van der Waals surface area contributed by atoms with Crippen molar-refractivity contribution in [2.24, 2.45) is 0 Å². The molecule has 19 heavy (non-hydrogen) atoms. The number of halogens is 2. The lowest BCUT2D eigenvalue weighted by Crippen LogP contribution is -2.07. The van der Waals surface area contributed by atoms with E-state index in [9.17, 15) is 8.78 Å². The molecule has 7 heteroatoms. The largest absolute Gasteiger partial charge is 0.369 e. The highest BCUT2D eigenvalue weighted by Gasteiger charge is 2.10. The molecule has 100 valence electrons. The summed E-state index contributed by atoms with van der Waals surface area (Å²) >= 11 is 0. The molecular formula is C12H13F2N5. The summed E-state index contributed by atoms with van der Waals surface area (Å²) in [6.45, 7) is 2.74. The predicted molar refractivity (Wildman–Crippen MR) is 68.2 cm³/mol. The topological polar surface area (TPSA) is 62.7 Å². The van der Waals surface area contributed by atoms with Crippen LogP contribution in [0.3, 0.4) is 0 Å². The van der Waals surface area contributed by atoms with Crippen LogP contribution in [0.1, 0.15) is 13.3 Å². The Labute approximate surface area is 109 Å². The summed E-state index contributed by atoms with van der Waals surface area (Å²) < 4.78 is 26.9. The Bertz CT molecular complexity index is 541. The molecule has 0 saturated carbocycles. The van der Waals surface area contributed by atoms with Crippen LogP contribution in [0.25, 0.3) is 0 Å². The van der Waals surface area contributed by atoms with Crippen LogP contribution in [0.15, 0.2) is 24.4 Å². The average molecular weight is 265 g/mol. The molecule has 0 radical (unpaired) electrons. The van der Waals surface area contributed by atoms with E-state index in [-0.39, 0.29) is 11.6 Å². The van der Waals surface area contributed by atoms with Crippen LogP contribution in [-0.2, 0) is 0 Å². The van der Waals surface area contributed by atoms with Crippen molar-refractivity contribution in [3.63, 3.8) is 0 Å². The van der Waals surface area contributed by atoms with E-state index < -0.39 is 11.6 Å². The fourth-order valence-corrected chi connectivity index (χ4v) is 1.42. The number of nitrogens with one attached hydrogen (secondary N) is 2. The van der Waals surface area contributed by atoms with Crippen LogP contribution in [0.5, 0.6) is 0 Å². The lowest BCUT2D eigenvalue weighted by molar-refractivity contribution is 0.590. The first-order chi connectivity index (χ1) is 9.20. The van der Waals surface area contributed by atoms with Gasteiger partial charge >= 0.3 is 0 Å². The highest BCUT2D eigenvalue weighted by Crippen LogP contribution is 2.21. The number of para-hydroxylation sites is 1. The number of benzene rings is 1. The zero-order chi connectivity index (χ0) is 13.7. The minimum absolute atomic E-state index is 0.0325. The van der Waals surface area contributed by atoms with Gasteiger partial charge in [0.05, 0.1) is 6.20 Å². The van der Waals surface area contributed by atoms with Gasteiger partial charge in [0.1, 0.15) is 17.3 Å². The standard InChI is InChI=1S/C12H13F2N5/c1-2-6-15-10-7-16-19-12(17-10)18-11-8(13)4-3-5-9(11)14/h3-5,7H,2,6H2,1H3,(H2,15,17,18,19). The first-order valence-electron chi connectivity index (χ1n) is 5.85. The molecule has 0 amide bonds. The van der Waals surface area contributed by atoms with Crippen LogP contribution in [0.2, 0.25) is 0 Å². The highest BCUT2D eigenvalue weighted by molar-refractivity contribution is 5.55. The quantitative estimate of drug-likeness (QED) is 0.870. The Morgan fingerprint density at radius 3 is 2.63 bits per heavy atom. The maximum Gasteiger partial charge on any atom is 0.249 e. The summed E-state index contributed by atoms with van der Waals surface area (Å²) in [4.78, 5) is 4.06. The second-order valence-electron chi connectivity index (χ2n) is 3.81. The third-order valence-corrected chi connectivity index (χ3v) is 2.31. The van der Waals surface area contributed by atoms with Crippen molar-refractivity contribution in [2.45, 2.75) is 13.3 Å². The second kappa shape index (κ2) is 6.03. The van der Waals surface area contributed by atoms with Gasteiger partial charge in [-0.25, -0.2) is 8.78 Å². The Morgan fingerprint density at radius 2 is 1.95 bits per heavy atom. The fourth-order valence-electron chi connectivity index (χ4n) is 1.42. The maximum absolute atomic E-state index is 13.4. The third-order valence-electron chi connectivity index (χ3n) is 2.31. The van der Waals surface area contributed by atoms with E-state index in [0.717, 1.165) is 25.1 Å². The Hall–Kier alpha value is -2.31. The monoisotopic (exact) mass is 265 g/mol. The first kappa shape index (κ1) is 13.1. The smallest absolute Gasteiger partial charge is 0.249 e. The molecule has 0 fully saturated rings. The molecular weight excluding hydrogens is 252 g/mol. The maximum atomic E-state index is 13.4. The van der Waals surface area contributed by atoms with E-state index in [4.69, 9.17) is 0 Å². The highest BCUT2D eigenvalue weighted by atomic mass is 19.1. The first-order valence-corrected chi connectivity index (χ1v) is 5.85. The summed E-state index contributed by atoms with van der Waals surface area (Å²) in [5.74, 6) is -0.896. The van der Waals surface area contributed by atoms with E-state index in [1.54, 1.807) is 0 Å². The number of hydrogen-bond acceptors (Lipinski definition) is 5. The Balaban J connectivity index is 2.19. The van der Waals surface area contributed by atoms with Crippen molar-refractivity contribution >= 4 is 17.5 Å². The van der Waals surface area contributed by atoms with E-state index in [1.807, 2.05) is 6.92 Å². The summed E-state index contributed by atoms with van der Waals surface area (Å²) in [6, 6.07) is 3.59. The van der Waals surface area contributed by atoms with Gasteiger partial charge in [0.2, 0.25) is 5.95 Å². The van der Waals surface area contributed by atoms with Crippen molar-refractivity contribution in [3.05, 3.63) is 36.0 Å². The lowest BCUT2D eigenvalue weighted by atomic mass is 10.3. The second-order valence-corrected chi connectivity index (χ2v) is 3.81. The molecule has 0 aliphatic heterocycles. The SMILES string of the molecule is CCCNc1cnnc(Nc2c(F)cccc2F)n1. The minimum Gasteiger partial charge on any atom is -0.369 e. The van der Waals surface area contributed by atoms with Crippen molar-refractivity contribution in [1.82, 2.24) is 15.2 Å². The molecule has 0 spiro atoms. The number of aromatic nitrogens is 3. The van der Waals surface area contributed by atoms with Gasteiger partial charge in [-0.2, -0.15) is 10.1 Å². The molecule has 2 aromatic rings. The summed E-state index contributed by atoms with van der Waals surface area (Å²) in [6.07, 6.45) is 2.37. The minimum atomic E-state index is -0.712. The fraction of sp³-hybridized carbons (Fsp3) is 0.250. The molecule has 2 N–H and O–H groups in total. The lowest BCUT2D eigenvalue weighted by Gasteiger charge is -2.08. The molecule has 0 saturated heterocycles. The van der Waals surface area contributed by atoms with Crippen LogP contribution in [0, 0.1) is 11.6 Å². The van der Waals surface area contributed by atoms with E-state index in [0.29, 0.717) is 5.82 Å². The van der Waals surface area contributed by atoms with Gasteiger partial charge in [-0.1, -0.05) is 13.0 Å². The van der Waals surface area contributed by atoms with Gasteiger partial charge in [-0.15, -0.1) is 5.10 Å². The van der Waals surface area contributed by atoms with Gasteiger partial charge in [-0.05, 0) is 18.6 Å². The summed E-state index contributed by atoms with van der Waals surface area (Å²) in [5, 5.41) is 12.9. The zero-order valence-electron chi connectivity index (χ0n) is 10.3. The zero-order valence-corrected chi connectivity index (χ0v) is 10.3. The normalized spacial score (nSPS) is 10.3. The van der Waals surface area contributed by atoms with Crippen LogP contribution < -0.4 is 10.6 Å². The van der Waals surface area contributed by atoms with E-state index in [1.165, 1.54) is 12.3 Å². The number of anilines is 3. The van der Waals surface area contributed by atoms with E-state index >= 15 is 0 Å². The molecule has 1 aromatic heterocycles. The van der Waals surface area contributed by atoms with Gasteiger partial charge in [0.25, 0.3) is 0 Å². The molecule has 0 unspecified atom stereocenters. The average Bonchev–Trinajstić information content (AvgIpc) is 2.41. The molecule has 0 bridgehead atoms. The van der Waals surface area contributed by atoms with Gasteiger partial charge in [-0.3, -0.25) is 0 Å². The van der Waals surface area contributed by atoms with Gasteiger partial charge in [0.15, 0.2) is 5.82 Å².